The highest BCUT2D eigenvalue weighted by molar-refractivity contribution is 6.04. The van der Waals surface area contributed by atoms with Crippen molar-refractivity contribution >= 4 is 17.5 Å². The summed E-state index contributed by atoms with van der Waals surface area (Å²) in [7, 11) is 0. The number of rotatable bonds is 5. The molecule has 128 valence electrons. The molecule has 0 radical (unpaired) electrons. The first-order valence-electron chi connectivity index (χ1n) is 8.41. The Balaban J connectivity index is 1.66. The molecule has 1 N–H and O–H groups in total. The van der Waals surface area contributed by atoms with Crippen molar-refractivity contribution in [2.45, 2.75) is 25.8 Å². The first-order valence-corrected chi connectivity index (χ1v) is 8.41. The average Bonchev–Trinajstić information content (AvgIpc) is 2.65. The molecule has 0 spiro atoms. The van der Waals surface area contributed by atoms with Crippen LogP contribution >= 0.6 is 0 Å². The second-order valence-corrected chi connectivity index (χ2v) is 6.06. The molecular weight excluding hydrogens is 314 g/mol. The number of hydrogen-bond donors (Lipinski definition) is 1. The van der Waals surface area contributed by atoms with Gasteiger partial charge in [0.2, 0.25) is 11.8 Å². The number of carbonyl (C=O) groups excluding carboxylic acids is 2. The zero-order chi connectivity index (χ0) is 17.6. The van der Waals surface area contributed by atoms with Gasteiger partial charge in [0.25, 0.3) is 0 Å². The summed E-state index contributed by atoms with van der Waals surface area (Å²) in [6.07, 6.45) is 0.969. The van der Waals surface area contributed by atoms with Gasteiger partial charge in [0.15, 0.2) is 0 Å². The third-order valence-corrected chi connectivity index (χ3v) is 4.18. The van der Waals surface area contributed by atoms with Gasteiger partial charge >= 0.3 is 0 Å². The van der Waals surface area contributed by atoms with E-state index in [9.17, 15) is 9.59 Å². The molecule has 1 unspecified atom stereocenters. The first kappa shape index (κ1) is 16.9. The summed E-state index contributed by atoms with van der Waals surface area (Å²) in [6.45, 7) is 1.86. The quantitative estimate of drug-likeness (QED) is 0.913. The summed E-state index contributed by atoms with van der Waals surface area (Å²) in [5.74, 6) is -0.343. The fourth-order valence-corrected chi connectivity index (χ4v) is 2.81. The molecule has 0 fully saturated rings. The summed E-state index contributed by atoms with van der Waals surface area (Å²) in [5, 5.41) is 8.59. The van der Waals surface area contributed by atoms with Crippen LogP contribution in [0.2, 0.25) is 0 Å². The van der Waals surface area contributed by atoms with Crippen molar-refractivity contribution in [3.63, 3.8) is 0 Å². The number of hydrogen-bond acceptors (Lipinski definition) is 3. The van der Waals surface area contributed by atoms with Crippen LogP contribution in [0.25, 0.3) is 0 Å². The van der Waals surface area contributed by atoms with Gasteiger partial charge in [0.1, 0.15) is 6.54 Å². The standard InChI is InChI=1S/C20H21N3O2/c1-15(16-8-4-2-5-9-16)21-19(24)14-23-20(25)13-12-18(22-23)17-10-6-3-7-11-17/h2-11,15H,12-14H2,1H3,(H,21,24). The minimum atomic E-state index is -0.220. The normalized spacial score (nSPS) is 15.5. The number of carbonyl (C=O) groups is 2. The van der Waals surface area contributed by atoms with E-state index >= 15 is 0 Å². The Labute approximate surface area is 147 Å². The molecule has 0 saturated carbocycles. The van der Waals surface area contributed by atoms with E-state index < -0.39 is 0 Å². The molecular formula is C20H21N3O2. The molecule has 2 aromatic carbocycles. The zero-order valence-electron chi connectivity index (χ0n) is 14.2. The maximum absolute atomic E-state index is 12.3. The maximum atomic E-state index is 12.3. The van der Waals surface area contributed by atoms with E-state index in [-0.39, 0.29) is 24.4 Å². The second-order valence-electron chi connectivity index (χ2n) is 6.06. The van der Waals surface area contributed by atoms with E-state index in [2.05, 4.69) is 10.4 Å². The van der Waals surface area contributed by atoms with Gasteiger partial charge in [0.05, 0.1) is 11.8 Å². The molecule has 5 nitrogen and oxygen atoms in total. The Kier molecular flexibility index (Phi) is 5.23. The van der Waals surface area contributed by atoms with E-state index in [1.165, 1.54) is 5.01 Å². The van der Waals surface area contributed by atoms with Gasteiger partial charge in [-0.3, -0.25) is 9.59 Å². The number of amides is 2. The van der Waals surface area contributed by atoms with Crippen LogP contribution < -0.4 is 5.32 Å². The van der Waals surface area contributed by atoms with Crippen LogP contribution in [-0.2, 0) is 9.59 Å². The van der Waals surface area contributed by atoms with Gasteiger partial charge in [0, 0.05) is 12.8 Å². The molecule has 2 amide bonds. The number of benzene rings is 2. The fraction of sp³-hybridized carbons (Fsp3) is 0.250. The molecule has 1 aliphatic heterocycles. The Hall–Kier alpha value is -2.95. The molecule has 1 atom stereocenters. The lowest BCUT2D eigenvalue weighted by atomic mass is 10.0. The highest BCUT2D eigenvalue weighted by atomic mass is 16.2. The lowest BCUT2D eigenvalue weighted by Crippen LogP contribution is -2.41. The molecule has 3 rings (SSSR count). The predicted octanol–water partition coefficient (Wildman–Crippen LogP) is 2.89. The molecule has 0 aliphatic carbocycles. The van der Waals surface area contributed by atoms with E-state index in [1.54, 1.807) is 0 Å². The molecule has 25 heavy (non-hydrogen) atoms. The van der Waals surface area contributed by atoms with E-state index in [0.717, 1.165) is 16.8 Å². The summed E-state index contributed by atoms with van der Waals surface area (Å²) in [5.41, 5.74) is 2.84. The number of hydrazone groups is 1. The lowest BCUT2D eigenvalue weighted by Gasteiger charge is -2.24. The molecule has 1 heterocycles. The van der Waals surface area contributed by atoms with Gasteiger partial charge in [-0.05, 0) is 18.1 Å². The van der Waals surface area contributed by atoms with Crippen molar-refractivity contribution in [3.8, 4) is 0 Å². The largest absolute Gasteiger partial charge is 0.348 e. The third-order valence-electron chi connectivity index (χ3n) is 4.18. The summed E-state index contributed by atoms with van der Waals surface area (Å²) in [6, 6.07) is 19.3. The van der Waals surface area contributed by atoms with Crippen LogP contribution in [0, 0.1) is 0 Å². The Bertz CT molecular complexity index is 772. The van der Waals surface area contributed by atoms with Crippen LogP contribution in [0.3, 0.4) is 0 Å². The third kappa shape index (κ3) is 4.32. The van der Waals surface area contributed by atoms with E-state index in [1.807, 2.05) is 67.6 Å². The van der Waals surface area contributed by atoms with Gasteiger partial charge in [-0.15, -0.1) is 0 Å². The Morgan fingerprint density at radius 1 is 1.08 bits per heavy atom. The second kappa shape index (κ2) is 7.75. The predicted molar refractivity (Wildman–Crippen MR) is 96.9 cm³/mol. The van der Waals surface area contributed by atoms with Crippen molar-refractivity contribution in [1.29, 1.82) is 0 Å². The van der Waals surface area contributed by atoms with Crippen LogP contribution in [0.5, 0.6) is 0 Å². The van der Waals surface area contributed by atoms with Gasteiger partial charge in [-0.1, -0.05) is 60.7 Å². The highest BCUT2D eigenvalue weighted by Crippen LogP contribution is 2.15. The minimum Gasteiger partial charge on any atom is -0.348 e. The summed E-state index contributed by atoms with van der Waals surface area (Å²) < 4.78 is 0. The van der Waals surface area contributed by atoms with Crippen molar-refractivity contribution in [1.82, 2.24) is 10.3 Å². The molecule has 1 aliphatic rings. The van der Waals surface area contributed by atoms with Crippen LogP contribution in [0.15, 0.2) is 65.8 Å². The SMILES string of the molecule is CC(NC(=O)CN1N=C(c2ccccc2)CCC1=O)c1ccccc1. The summed E-state index contributed by atoms with van der Waals surface area (Å²) in [4.78, 5) is 24.4. The van der Waals surface area contributed by atoms with E-state index in [4.69, 9.17) is 0 Å². The molecule has 0 bridgehead atoms. The molecule has 0 aromatic heterocycles. The molecule has 2 aromatic rings. The molecule has 5 heteroatoms. The summed E-state index contributed by atoms with van der Waals surface area (Å²) >= 11 is 0. The average molecular weight is 335 g/mol. The smallest absolute Gasteiger partial charge is 0.243 e. The highest BCUT2D eigenvalue weighted by Gasteiger charge is 2.23. The van der Waals surface area contributed by atoms with Crippen LogP contribution in [0.4, 0.5) is 0 Å². The monoisotopic (exact) mass is 335 g/mol. The minimum absolute atomic E-state index is 0.0632. The Morgan fingerprint density at radius 2 is 1.72 bits per heavy atom. The number of nitrogens with zero attached hydrogens (tertiary/aromatic N) is 2. The van der Waals surface area contributed by atoms with E-state index in [0.29, 0.717) is 12.8 Å². The maximum Gasteiger partial charge on any atom is 0.243 e. The Morgan fingerprint density at radius 3 is 2.40 bits per heavy atom. The van der Waals surface area contributed by atoms with Crippen molar-refractivity contribution in [3.05, 3.63) is 71.8 Å². The van der Waals surface area contributed by atoms with Crippen molar-refractivity contribution in [2.75, 3.05) is 6.54 Å². The first-order chi connectivity index (χ1) is 12.1. The van der Waals surface area contributed by atoms with Crippen LogP contribution in [-0.4, -0.2) is 29.1 Å². The fourth-order valence-electron chi connectivity index (χ4n) is 2.81. The van der Waals surface area contributed by atoms with Crippen LogP contribution in [0.1, 0.15) is 36.9 Å². The number of nitrogens with one attached hydrogen (secondary N) is 1. The van der Waals surface area contributed by atoms with Gasteiger partial charge in [-0.2, -0.15) is 5.10 Å². The lowest BCUT2D eigenvalue weighted by molar-refractivity contribution is -0.136. The zero-order valence-corrected chi connectivity index (χ0v) is 14.2. The molecule has 0 saturated heterocycles. The van der Waals surface area contributed by atoms with Crippen molar-refractivity contribution < 1.29 is 9.59 Å². The topological polar surface area (TPSA) is 61.8 Å². The van der Waals surface area contributed by atoms with Gasteiger partial charge in [-0.25, -0.2) is 5.01 Å². The van der Waals surface area contributed by atoms with Gasteiger partial charge < -0.3 is 5.32 Å². The van der Waals surface area contributed by atoms with Crippen molar-refractivity contribution in [2.24, 2.45) is 5.10 Å².